The highest BCUT2D eigenvalue weighted by atomic mass is 32.2. The summed E-state index contributed by atoms with van der Waals surface area (Å²) in [7, 11) is -0.235. The van der Waals surface area contributed by atoms with Crippen molar-refractivity contribution >= 4 is 21.6 Å². The molecule has 9 heteroatoms. The van der Waals surface area contributed by atoms with Gasteiger partial charge in [-0.2, -0.15) is 4.31 Å². The van der Waals surface area contributed by atoms with Gasteiger partial charge in [0, 0.05) is 31.5 Å². The molecule has 0 radical (unpaired) electrons. The molecule has 1 aliphatic heterocycles. The van der Waals surface area contributed by atoms with Crippen LogP contribution in [-0.4, -0.2) is 50.6 Å². The molecule has 0 fully saturated rings. The van der Waals surface area contributed by atoms with E-state index in [2.05, 4.69) is 10.3 Å². The predicted octanol–water partition coefficient (Wildman–Crippen LogP) is 1.67. The number of carbonyl (C=O) groups is 1. The van der Waals surface area contributed by atoms with Crippen molar-refractivity contribution < 1.29 is 22.7 Å². The normalized spacial score (nSPS) is 14.3. The van der Waals surface area contributed by atoms with Crippen LogP contribution in [0.5, 0.6) is 11.5 Å². The Labute approximate surface area is 158 Å². The van der Waals surface area contributed by atoms with E-state index in [1.165, 1.54) is 23.9 Å². The van der Waals surface area contributed by atoms with E-state index in [0.29, 0.717) is 35.7 Å². The van der Waals surface area contributed by atoms with E-state index in [-0.39, 0.29) is 12.5 Å². The molecule has 1 N–H and O–H groups in total. The number of benzene rings is 1. The lowest BCUT2D eigenvalue weighted by atomic mass is 9.98. The van der Waals surface area contributed by atoms with Gasteiger partial charge in [0.25, 0.3) is 5.91 Å². The number of pyridine rings is 1. The van der Waals surface area contributed by atoms with Crippen LogP contribution in [0.3, 0.4) is 0 Å². The molecule has 0 bridgehead atoms. The number of carbonyl (C=O) groups excluding carboxylic acids is 1. The maximum Gasteiger partial charge on any atom is 0.257 e. The van der Waals surface area contributed by atoms with E-state index in [4.69, 9.17) is 9.47 Å². The second kappa shape index (κ2) is 7.53. The zero-order chi connectivity index (χ0) is 19.6. The quantitative estimate of drug-likeness (QED) is 0.833. The van der Waals surface area contributed by atoms with Crippen LogP contribution >= 0.6 is 0 Å². The molecule has 3 rings (SSSR count). The van der Waals surface area contributed by atoms with Crippen LogP contribution in [-0.2, 0) is 23.0 Å². The first-order valence-electron chi connectivity index (χ1n) is 8.27. The van der Waals surface area contributed by atoms with Crippen LogP contribution < -0.4 is 14.8 Å². The molecule has 0 aliphatic carbocycles. The standard InChI is InChI=1S/C18H21N3O5S/c1-25-13-4-5-17(26-2)16(8-13)20-18(22)15-10-19-9-12-11-21(27(3,23)24)7-6-14(12)15/h4-5,8-10H,6-7,11H2,1-3H3,(H,20,22). The highest BCUT2D eigenvalue weighted by Gasteiger charge is 2.27. The van der Waals surface area contributed by atoms with E-state index < -0.39 is 10.0 Å². The monoisotopic (exact) mass is 391 g/mol. The number of hydrogen-bond donors (Lipinski definition) is 1. The predicted molar refractivity (Wildman–Crippen MR) is 101 cm³/mol. The lowest BCUT2D eigenvalue weighted by molar-refractivity contribution is 0.102. The molecule has 0 atom stereocenters. The number of rotatable bonds is 5. The minimum Gasteiger partial charge on any atom is -0.497 e. The van der Waals surface area contributed by atoms with Crippen molar-refractivity contribution in [3.8, 4) is 11.5 Å². The summed E-state index contributed by atoms with van der Waals surface area (Å²) in [5.41, 5.74) is 2.44. The van der Waals surface area contributed by atoms with Gasteiger partial charge in [-0.15, -0.1) is 0 Å². The van der Waals surface area contributed by atoms with Crippen LogP contribution in [0.1, 0.15) is 21.5 Å². The fourth-order valence-corrected chi connectivity index (χ4v) is 3.84. The third kappa shape index (κ3) is 4.04. The largest absolute Gasteiger partial charge is 0.497 e. The number of amides is 1. The van der Waals surface area contributed by atoms with Crippen LogP contribution in [0, 0.1) is 0 Å². The highest BCUT2D eigenvalue weighted by molar-refractivity contribution is 7.88. The van der Waals surface area contributed by atoms with Gasteiger partial charge in [0.15, 0.2) is 0 Å². The summed E-state index contributed by atoms with van der Waals surface area (Å²) in [6.07, 6.45) is 4.73. The summed E-state index contributed by atoms with van der Waals surface area (Å²) in [6.45, 7) is 0.545. The molecular formula is C18H21N3O5S. The first-order valence-corrected chi connectivity index (χ1v) is 10.1. The highest BCUT2D eigenvalue weighted by Crippen LogP contribution is 2.30. The number of ether oxygens (including phenoxy) is 2. The number of fused-ring (bicyclic) bond motifs is 1. The molecule has 0 saturated heterocycles. The molecular weight excluding hydrogens is 370 g/mol. The van der Waals surface area contributed by atoms with Crippen molar-refractivity contribution in [3.63, 3.8) is 0 Å². The second-order valence-corrected chi connectivity index (χ2v) is 8.17. The fourth-order valence-electron chi connectivity index (χ4n) is 3.05. The third-order valence-electron chi connectivity index (χ3n) is 4.47. The van der Waals surface area contributed by atoms with Gasteiger partial charge >= 0.3 is 0 Å². The lowest BCUT2D eigenvalue weighted by Gasteiger charge is -2.27. The summed E-state index contributed by atoms with van der Waals surface area (Å²) in [6, 6.07) is 5.11. The van der Waals surface area contributed by atoms with Crippen LogP contribution in [0.4, 0.5) is 5.69 Å². The molecule has 1 aliphatic rings. The number of aromatic nitrogens is 1. The topological polar surface area (TPSA) is 97.8 Å². The van der Waals surface area contributed by atoms with E-state index >= 15 is 0 Å². The van der Waals surface area contributed by atoms with E-state index in [1.807, 2.05) is 0 Å². The summed E-state index contributed by atoms with van der Waals surface area (Å²) in [5, 5.41) is 2.83. The molecule has 2 heterocycles. The van der Waals surface area contributed by atoms with Gasteiger partial charge in [-0.3, -0.25) is 9.78 Å². The molecule has 1 aromatic carbocycles. The molecule has 0 unspecified atom stereocenters. The van der Waals surface area contributed by atoms with Gasteiger partial charge in [0.1, 0.15) is 11.5 Å². The van der Waals surface area contributed by atoms with E-state index in [0.717, 1.165) is 11.1 Å². The van der Waals surface area contributed by atoms with Crippen LogP contribution in [0.15, 0.2) is 30.6 Å². The Kier molecular flexibility index (Phi) is 5.33. The number of nitrogens with zero attached hydrogens (tertiary/aromatic N) is 2. The Morgan fingerprint density at radius 1 is 1.22 bits per heavy atom. The Hall–Kier alpha value is -2.65. The summed E-state index contributed by atoms with van der Waals surface area (Å²) >= 11 is 0. The molecule has 8 nitrogen and oxygen atoms in total. The molecule has 144 valence electrons. The Balaban J connectivity index is 1.90. The zero-order valence-electron chi connectivity index (χ0n) is 15.4. The maximum absolute atomic E-state index is 12.9. The van der Waals surface area contributed by atoms with Crippen molar-refractivity contribution in [2.75, 3.05) is 32.3 Å². The average Bonchev–Trinajstić information content (AvgIpc) is 2.66. The van der Waals surface area contributed by atoms with Gasteiger partial charge in [-0.25, -0.2) is 8.42 Å². The molecule has 27 heavy (non-hydrogen) atoms. The molecule has 0 saturated carbocycles. The third-order valence-corrected chi connectivity index (χ3v) is 5.72. The Morgan fingerprint density at radius 2 is 2.00 bits per heavy atom. The minimum atomic E-state index is -3.29. The second-order valence-electron chi connectivity index (χ2n) is 6.19. The first kappa shape index (κ1) is 19.1. The van der Waals surface area contributed by atoms with Gasteiger partial charge in [0.2, 0.25) is 10.0 Å². The number of hydrogen-bond acceptors (Lipinski definition) is 6. The average molecular weight is 391 g/mol. The molecule has 1 aromatic heterocycles. The van der Waals surface area contributed by atoms with Gasteiger partial charge in [-0.05, 0) is 29.7 Å². The number of anilines is 1. The van der Waals surface area contributed by atoms with Gasteiger partial charge in [-0.1, -0.05) is 0 Å². The summed E-state index contributed by atoms with van der Waals surface area (Å²) in [4.78, 5) is 17.0. The Bertz CT molecular complexity index is 975. The minimum absolute atomic E-state index is 0.213. The number of methoxy groups -OCH3 is 2. The molecule has 1 amide bonds. The van der Waals surface area contributed by atoms with Crippen molar-refractivity contribution in [2.24, 2.45) is 0 Å². The van der Waals surface area contributed by atoms with Crippen LogP contribution in [0.25, 0.3) is 0 Å². The van der Waals surface area contributed by atoms with Crippen molar-refractivity contribution in [1.82, 2.24) is 9.29 Å². The van der Waals surface area contributed by atoms with Crippen molar-refractivity contribution in [3.05, 3.63) is 47.3 Å². The molecule has 0 spiro atoms. The van der Waals surface area contributed by atoms with E-state index in [9.17, 15) is 13.2 Å². The fraction of sp³-hybridized carbons (Fsp3) is 0.333. The lowest BCUT2D eigenvalue weighted by Crippen LogP contribution is -2.36. The maximum atomic E-state index is 12.9. The Morgan fingerprint density at radius 3 is 2.67 bits per heavy atom. The number of nitrogens with one attached hydrogen (secondary N) is 1. The SMILES string of the molecule is COc1ccc(OC)c(NC(=O)c2cncc3c2CCN(S(C)(=O)=O)C3)c1. The zero-order valence-corrected chi connectivity index (χ0v) is 16.2. The van der Waals surface area contributed by atoms with Crippen molar-refractivity contribution in [2.45, 2.75) is 13.0 Å². The van der Waals surface area contributed by atoms with Gasteiger partial charge in [0.05, 0.1) is 31.7 Å². The summed E-state index contributed by atoms with van der Waals surface area (Å²) in [5.74, 6) is 0.756. The molecule has 2 aromatic rings. The van der Waals surface area contributed by atoms with Crippen molar-refractivity contribution in [1.29, 1.82) is 0 Å². The number of sulfonamides is 1. The first-order chi connectivity index (χ1) is 12.8. The van der Waals surface area contributed by atoms with Crippen LogP contribution in [0.2, 0.25) is 0 Å². The van der Waals surface area contributed by atoms with E-state index in [1.54, 1.807) is 31.5 Å². The smallest absolute Gasteiger partial charge is 0.257 e. The van der Waals surface area contributed by atoms with Gasteiger partial charge < -0.3 is 14.8 Å². The summed E-state index contributed by atoms with van der Waals surface area (Å²) < 4.78 is 35.4.